The first-order chi connectivity index (χ1) is 10.6. The minimum atomic E-state index is -0.462. The maximum absolute atomic E-state index is 11.9. The normalized spacial score (nSPS) is 10.4. The van der Waals surface area contributed by atoms with Crippen molar-refractivity contribution < 1.29 is 9.72 Å². The zero-order valence-electron chi connectivity index (χ0n) is 12.2. The third-order valence-corrected chi connectivity index (χ3v) is 2.98. The molecule has 0 aliphatic rings. The van der Waals surface area contributed by atoms with Crippen molar-refractivity contribution in [1.82, 2.24) is 20.4 Å². The number of carbonyl (C=O) groups is 1. The van der Waals surface area contributed by atoms with Crippen molar-refractivity contribution in [3.63, 3.8) is 0 Å². The van der Waals surface area contributed by atoms with E-state index in [0.29, 0.717) is 24.5 Å². The topological polar surface area (TPSA) is 102 Å². The van der Waals surface area contributed by atoms with Gasteiger partial charge in [0.2, 0.25) is 0 Å². The number of hydrogen-bond acceptors (Lipinski definition) is 5. The SMILES string of the molecule is CCNCCNC(=O)c1ccn(-c2ccc([N+](=O)[O-])cc2)n1. The summed E-state index contributed by atoms with van der Waals surface area (Å²) >= 11 is 0. The highest BCUT2D eigenvalue weighted by Crippen LogP contribution is 2.14. The van der Waals surface area contributed by atoms with Crippen LogP contribution in [0.4, 0.5) is 5.69 Å². The molecule has 8 heteroatoms. The fraction of sp³-hybridized carbons (Fsp3) is 0.286. The van der Waals surface area contributed by atoms with Gasteiger partial charge in [0.1, 0.15) is 0 Å². The lowest BCUT2D eigenvalue weighted by atomic mass is 10.3. The lowest BCUT2D eigenvalue weighted by molar-refractivity contribution is -0.384. The third-order valence-electron chi connectivity index (χ3n) is 2.98. The molecular formula is C14H17N5O3. The van der Waals surface area contributed by atoms with Gasteiger partial charge in [0.05, 0.1) is 10.6 Å². The molecular weight excluding hydrogens is 286 g/mol. The molecule has 1 heterocycles. The third kappa shape index (κ3) is 3.89. The quantitative estimate of drug-likeness (QED) is 0.453. The number of likely N-dealkylation sites (N-methyl/N-ethyl adjacent to an activating group) is 1. The summed E-state index contributed by atoms with van der Waals surface area (Å²) in [4.78, 5) is 22.0. The van der Waals surface area contributed by atoms with Crippen molar-refractivity contribution in [2.45, 2.75) is 6.92 Å². The number of nitrogens with zero attached hydrogens (tertiary/aromatic N) is 3. The summed E-state index contributed by atoms with van der Waals surface area (Å²) in [5, 5.41) is 20.6. The molecule has 22 heavy (non-hydrogen) atoms. The van der Waals surface area contributed by atoms with Gasteiger partial charge in [-0.05, 0) is 24.7 Å². The Morgan fingerprint density at radius 1 is 1.27 bits per heavy atom. The number of nitrogens with one attached hydrogen (secondary N) is 2. The van der Waals surface area contributed by atoms with E-state index in [0.717, 1.165) is 6.54 Å². The molecule has 1 aromatic carbocycles. The fourth-order valence-electron chi connectivity index (χ4n) is 1.85. The van der Waals surface area contributed by atoms with E-state index in [4.69, 9.17) is 0 Å². The number of rotatable bonds is 7. The zero-order valence-corrected chi connectivity index (χ0v) is 12.2. The molecule has 8 nitrogen and oxygen atoms in total. The molecule has 0 fully saturated rings. The van der Waals surface area contributed by atoms with Crippen molar-refractivity contribution in [2.24, 2.45) is 0 Å². The molecule has 0 atom stereocenters. The molecule has 0 aliphatic heterocycles. The van der Waals surface area contributed by atoms with E-state index in [1.54, 1.807) is 24.4 Å². The molecule has 2 N–H and O–H groups in total. The second kappa shape index (κ2) is 7.32. The van der Waals surface area contributed by atoms with Crippen LogP contribution in [0, 0.1) is 10.1 Å². The number of benzene rings is 1. The Hall–Kier alpha value is -2.74. The Kier molecular flexibility index (Phi) is 5.21. The van der Waals surface area contributed by atoms with Crippen molar-refractivity contribution >= 4 is 11.6 Å². The summed E-state index contributed by atoms with van der Waals surface area (Å²) in [6.07, 6.45) is 1.64. The van der Waals surface area contributed by atoms with Crippen LogP contribution in [0.25, 0.3) is 5.69 Å². The standard InChI is InChI=1S/C14H17N5O3/c1-2-15-8-9-16-14(20)13-7-10-18(17-13)11-3-5-12(6-4-11)19(21)22/h3-7,10,15H,2,8-9H2,1H3,(H,16,20). The van der Waals surface area contributed by atoms with E-state index in [-0.39, 0.29) is 11.6 Å². The highest BCUT2D eigenvalue weighted by atomic mass is 16.6. The summed E-state index contributed by atoms with van der Waals surface area (Å²) in [5.74, 6) is -0.251. The predicted molar refractivity (Wildman–Crippen MR) is 81.1 cm³/mol. The Morgan fingerprint density at radius 3 is 2.64 bits per heavy atom. The van der Waals surface area contributed by atoms with E-state index in [9.17, 15) is 14.9 Å². The van der Waals surface area contributed by atoms with E-state index in [1.807, 2.05) is 6.92 Å². The second-order valence-corrected chi connectivity index (χ2v) is 4.53. The lowest BCUT2D eigenvalue weighted by Gasteiger charge is -2.03. The van der Waals surface area contributed by atoms with Gasteiger partial charge in [-0.1, -0.05) is 6.92 Å². The van der Waals surface area contributed by atoms with Crippen LogP contribution in [0.3, 0.4) is 0 Å². The van der Waals surface area contributed by atoms with E-state index in [2.05, 4.69) is 15.7 Å². The van der Waals surface area contributed by atoms with Gasteiger partial charge < -0.3 is 10.6 Å². The van der Waals surface area contributed by atoms with Crippen LogP contribution in [0.15, 0.2) is 36.5 Å². The van der Waals surface area contributed by atoms with Gasteiger partial charge in [-0.25, -0.2) is 4.68 Å². The van der Waals surface area contributed by atoms with Gasteiger partial charge in [-0.15, -0.1) is 0 Å². The molecule has 2 rings (SSSR count). The molecule has 0 spiro atoms. The number of hydrogen-bond donors (Lipinski definition) is 2. The first-order valence-corrected chi connectivity index (χ1v) is 6.91. The average molecular weight is 303 g/mol. The van der Waals surface area contributed by atoms with E-state index >= 15 is 0 Å². The van der Waals surface area contributed by atoms with Crippen LogP contribution >= 0.6 is 0 Å². The van der Waals surface area contributed by atoms with Gasteiger partial charge in [0.15, 0.2) is 5.69 Å². The summed E-state index contributed by atoms with van der Waals surface area (Å²) in [5.41, 5.74) is 0.962. The smallest absolute Gasteiger partial charge is 0.271 e. The summed E-state index contributed by atoms with van der Waals surface area (Å²) in [6.45, 7) is 4.07. The Morgan fingerprint density at radius 2 is 2.00 bits per heavy atom. The largest absolute Gasteiger partial charge is 0.349 e. The molecule has 0 aliphatic carbocycles. The maximum atomic E-state index is 11.9. The number of nitro benzene ring substituents is 1. The van der Waals surface area contributed by atoms with Crippen LogP contribution < -0.4 is 10.6 Å². The van der Waals surface area contributed by atoms with Gasteiger partial charge in [0, 0.05) is 31.4 Å². The van der Waals surface area contributed by atoms with Crippen LogP contribution in [0.5, 0.6) is 0 Å². The van der Waals surface area contributed by atoms with Crippen LogP contribution in [0.1, 0.15) is 17.4 Å². The number of carbonyl (C=O) groups excluding carboxylic acids is 1. The summed E-state index contributed by atoms with van der Waals surface area (Å²) < 4.78 is 1.50. The molecule has 0 saturated carbocycles. The number of non-ortho nitro benzene ring substituents is 1. The van der Waals surface area contributed by atoms with Gasteiger partial charge in [-0.3, -0.25) is 14.9 Å². The van der Waals surface area contributed by atoms with Crippen molar-refractivity contribution in [1.29, 1.82) is 0 Å². The molecule has 1 aromatic heterocycles. The number of nitro groups is 1. The van der Waals surface area contributed by atoms with E-state index in [1.165, 1.54) is 16.8 Å². The lowest BCUT2D eigenvalue weighted by Crippen LogP contribution is -2.32. The van der Waals surface area contributed by atoms with Crippen LogP contribution in [0.2, 0.25) is 0 Å². The number of amides is 1. The Bertz CT molecular complexity index is 651. The highest BCUT2D eigenvalue weighted by molar-refractivity contribution is 5.92. The van der Waals surface area contributed by atoms with Gasteiger partial charge >= 0.3 is 0 Å². The molecule has 116 valence electrons. The van der Waals surface area contributed by atoms with E-state index < -0.39 is 4.92 Å². The summed E-state index contributed by atoms with van der Waals surface area (Å²) in [6, 6.07) is 7.56. The molecule has 1 amide bonds. The Balaban J connectivity index is 2.01. The van der Waals surface area contributed by atoms with Crippen LogP contribution in [-0.2, 0) is 0 Å². The molecule has 0 radical (unpaired) electrons. The molecule has 2 aromatic rings. The second-order valence-electron chi connectivity index (χ2n) is 4.53. The predicted octanol–water partition coefficient (Wildman–Crippen LogP) is 1.12. The fourth-order valence-corrected chi connectivity index (χ4v) is 1.85. The van der Waals surface area contributed by atoms with Crippen molar-refractivity contribution in [3.05, 3.63) is 52.3 Å². The first-order valence-electron chi connectivity index (χ1n) is 6.91. The first kappa shape index (κ1) is 15.6. The monoisotopic (exact) mass is 303 g/mol. The minimum Gasteiger partial charge on any atom is -0.349 e. The maximum Gasteiger partial charge on any atom is 0.271 e. The van der Waals surface area contributed by atoms with Crippen LogP contribution in [-0.4, -0.2) is 40.2 Å². The van der Waals surface area contributed by atoms with Gasteiger partial charge in [0.25, 0.3) is 11.6 Å². The molecule has 0 unspecified atom stereocenters. The van der Waals surface area contributed by atoms with Crippen molar-refractivity contribution in [3.8, 4) is 5.69 Å². The molecule has 0 bridgehead atoms. The number of aromatic nitrogens is 2. The zero-order chi connectivity index (χ0) is 15.9. The van der Waals surface area contributed by atoms with Gasteiger partial charge in [-0.2, -0.15) is 5.10 Å². The Labute approximate surface area is 127 Å². The van der Waals surface area contributed by atoms with Crippen molar-refractivity contribution in [2.75, 3.05) is 19.6 Å². The minimum absolute atomic E-state index is 0.0114. The summed E-state index contributed by atoms with van der Waals surface area (Å²) in [7, 11) is 0. The molecule has 0 saturated heterocycles. The average Bonchev–Trinajstić information content (AvgIpc) is 3.01. The highest BCUT2D eigenvalue weighted by Gasteiger charge is 2.10.